The number of nitrogens with one attached hydrogen (secondary N) is 1. The van der Waals surface area contributed by atoms with E-state index in [0.29, 0.717) is 5.69 Å². The summed E-state index contributed by atoms with van der Waals surface area (Å²) in [6.07, 6.45) is 0. The van der Waals surface area contributed by atoms with Crippen LogP contribution in [0.5, 0.6) is 0 Å². The molecule has 96 valence electrons. The van der Waals surface area contributed by atoms with Crippen molar-refractivity contribution in [2.75, 3.05) is 4.72 Å². The van der Waals surface area contributed by atoms with Gasteiger partial charge in [-0.1, -0.05) is 40.2 Å². The normalized spacial score (nSPS) is 12.0. The lowest BCUT2D eigenvalue weighted by molar-refractivity contribution is 0.593. The van der Waals surface area contributed by atoms with Crippen molar-refractivity contribution in [1.82, 2.24) is 0 Å². The number of anilines is 1. The predicted octanol–water partition coefficient (Wildman–Crippen LogP) is 3.75. The van der Waals surface area contributed by atoms with Crippen LogP contribution in [0.15, 0.2) is 40.9 Å². The van der Waals surface area contributed by atoms with Crippen molar-refractivity contribution in [3.8, 4) is 0 Å². The molecule has 1 N–H and O–H groups in total. The van der Waals surface area contributed by atoms with Gasteiger partial charge in [0.2, 0.25) is 10.0 Å². The van der Waals surface area contributed by atoms with E-state index in [1.54, 1.807) is 19.9 Å². The predicted molar refractivity (Wildman–Crippen MR) is 79.3 cm³/mol. The Balaban J connectivity index is 2.57. The van der Waals surface area contributed by atoms with Gasteiger partial charge in [-0.25, -0.2) is 8.42 Å². The van der Waals surface area contributed by atoms with Crippen LogP contribution in [-0.2, 0) is 10.0 Å². The zero-order valence-corrected chi connectivity index (χ0v) is 12.5. The van der Waals surface area contributed by atoms with Gasteiger partial charge in [-0.3, -0.25) is 4.72 Å². The zero-order chi connectivity index (χ0) is 13.3. The molecule has 0 fully saturated rings. The number of rotatable bonds is 3. The van der Waals surface area contributed by atoms with E-state index < -0.39 is 15.3 Å². The number of sulfonamides is 1. The van der Waals surface area contributed by atoms with Crippen molar-refractivity contribution in [1.29, 1.82) is 0 Å². The third kappa shape index (κ3) is 2.52. The molecule has 5 heteroatoms. The van der Waals surface area contributed by atoms with Gasteiger partial charge in [-0.15, -0.1) is 0 Å². The maximum Gasteiger partial charge on any atom is 0.235 e. The second-order valence-corrected chi connectivity index (χ2v) is 7.43. The molecule has 0 aromatic heterocycles. The van der Waals surface area contributed by atoms with Crippen LogP contribution in [0.25, 0.3) is 10.8 Å². The standard InChI is InChI=1S/C13H14BrNO2S/c1-9(2)18(16,17)15-13-8-7-12(14)10-5-3-4-6-11(10)13/h3-9,15H,1-2H3. The van der Waals surface area contributed by atoms with Gasteiger partial charge >= 0.3 is 0 Å². The lowest BCUT2D eigenvalue weighted by Gasteiger charge is -2.13. The molecule has 0 unspecified atom stereocenters. The van der Waals surface area contributed by atoms with Crippen molar-refractivity contribution >= 4 is 42.4 Å². The summed E-state index contributed by atoms with van der Waals surface area (Å²) in [5, 5.41) is 1.41. The quantitative estimate of drug-likeness (QED) is 0.933. The van der Waals surface area contributed by atoms with Crippen LogP contribution in [-0.4, -0.2) is 13.7 Å². The smallest absolute Gasteiger partial charge is 0.235 e. The van der Waals surface area contributed by atoms with E-state index in [-0.39, 0.29) is 0 Å². The molecule has 0 radical (unpaired) electrons. The molecule has 3 nitrogen and oxygen atoms in total. The Hall–Kier alpha value is -1.07. The van der Waals surface area contributed by atoms with Crippen molar-refractivity contribution < 1.29 is 8.42 Å². The third-order valence-electron chi connectivity index (χ3n) is 2.74. The van der Waals surface area contributed by atoms with Gasteiger partial charge < -0.3 is 0 Å². The molecule has 0 atom stereocenters. The summed E-state index contributed by atoms with van der Waals surface area (Å²) in [5.41, 5.74) is 0.613. The number of hydrogen-bond acceptors (Lipinski definition) is 2. The monoisotopic (exact) mass is 327 g/mol. The minimum atomic E-state index is -3.32. The minimum absolute atomic E-state index is 0.458. The topological polar surface area (TPSA) is 46.2 Å². The first kappa shape index (κ1) is 13.4. The fraction of sp³-hybridized carbons (Fsp3) is 0.231. The summed E-state index contributed by atoms with van der Waals surface area (Å²) < 4.78 is 27.4. The second-order valence-electron chi connectivity index (χ2n) is 4.34. The Morgan fingerprint density at radius 2 is 1.67 bits per heavy atom. The van der Waals surface area contributed by atoms with Gasteiger partial charge in [-0.2, -0.15) is 0 Å². The van der Waals surface area contributed by atoms with Gasteiger partial charge in [-0.05, 0) is 31.4 Å². The van der Waals surface area contributed by atoms with E-state index in [1.165, 1.54) is 0 Å². The van der Waals surface area contributed by atoms with Crippen molar-refractivity contribution in [2.24, 2.45) is 0 Å². The van der Waals surface area contributed by atoms with Gasteiger partial charge in [0.25, 0.3) is 0 Å². The summed E-state index contributed by atoms with van der Waals surface area (Å²) in [7, 11) is -3.32. The van der Waals surface area contributed by atoms with Crippen LogP contribution in [0.2, 0.25) is 0 Å². The first-order valence-corrected chi connectivity index (χ1v) is 7.94. The molecule has 0 spiro atoms. The Morgan fingerprint density at radius 1 is 1.06 bits per heavy atom. The van der Waals surface area contributed by atoms with E-state index in [0.717, 1.165) is 15.2 Å². The average Bonchev–Trinajstić information content (AvgIpc) is 2.33. The summed E-state index contributed by atoms with van der Waals surface area (Å²) in [6.45, 7) is 3.31. The molecular formula is C13H14BrNO2S. The van der Waals surface area contributed by atoms with Crippen LogP contribution in [0, 0.1) is 0 Å². The van der Waals surface area contributed by atoms with E-state index in [1.807, 2.05) is 30.3 Å². The van der Waals surface area contributed by atoms with E-state index >= 15 is 0 Å². The summed E-state index contributed by atoms with van der Waals surface area (Å²) in [5.74, 6) is 0. The fourth-order valence-corrected chi connectivity index (χ4v) is 2.82. The molecule has 0 aliphatic rings. The molecule has 2 aromatic carbocycles. The van der Waals surface area contributed by atoms with Gasteiger partial charge in [0.05, 0.1) is 10.9 Å². The Labute approximate surface area is 115 Å². The van der Waals surface area contributed by atoms with Gasteiger partial charge in [0.1, 0.15) is 0 Å². The van der Waals surface area contributed by atoms with Crippen LogP contribution < -0.4 is 4.72 Å². The fourth-order valence-electron chi connectivity index (χ4n) is 1.62. The molecule has 0 aliphatic heterocycles. The molecule has 18 heavy (non-hydrogen) atoms. The highest BCUT2D eigenvalue weighted by atomic mass is 79.9. The maximum absolute atomic E-state index is 11.9. The molecular weight excluding hydrogens is 314 g/mol. The van der Waals surface area contributed by atoms with E-state index in [4.69, 9.17) is 0 Å². The van der Waals surface area contributed by atoms with Gasteiger partial charge in [0, 0.05) is 9.86 Å². The molecule has 0 aliphatic carbocycles. The summed E-state index contributed by atoms with van der Waals surface area (Å²) >= 11 is 3.46. The Kier molecular flexibility index (Phi) is 3.64. The van der Waals surface area contributed by atoms with Crippen molar-refractivity contribution in [2.45, 2.75) is 19.1 Å². The molecule has 0 saturated heterocycles. The zero-order valence-electron chi connectivity index (χ0n) is 10.1. The first-order valence-electron chi connectivity index (χ1n) is 5.60. The lowest BCUT2D eigenvalue weighted by Crippen LogP contribution is -2.22. The van der Waals surface area contributed by atoms with Crippen LogP contribution in [0.3, 0.4) is 0 Å². The average molecular weight is 328 g/mol. The van der Waals surface area contributed by atoms with Crippen LogP contribution >= 0.6 is 15.9 Å². The maximum atomic E-state index is 11.9. The van der Waals surface area contributed by atoms with E-state index in [9.17, 15) is 8.42 Å². The van der Waals surface area contributed by atoms with Gasteiger partial charge in [0.15, 0.2) is 0 Å². The number of benzene rings is 2. The summed E-state index contributed by atoms with van der Waals surface area (Å²) in [6, 6.07) is 11.3. The highest BCUT2D eigenvalue weighted by Crippen LogP contribution is 2.30. The summed E-state index contributed by atoms with van der Waals surface area (Å²) in [4.78, 5) is 0. The molecule has 0 amide bonds. The molecule has 0 bridgehead atoms. The Morgan fingerprint density at radius 3 is 2.28 bits per heavy atom. The highest BCUT2D eigenvalue weighted by molar-refractivity contribution is 9.10. The molecule has 0 heterocycles. The molecule has 0 saturated carbocycles. The SMILES string of the molecule is CC(C)S(=O)(=O)Nc1ccc(Br)c2ccccc12. The second kappa shape index (κ2) is 4.90. The minimum Gasteiger partial charge on any atom is -0.283 e. The molecule has 2 aromatic rings. The van der Waals surface area contributed by atoms with Crippen LogP contribution in [0.1, 0.15) is 13.8 Å². The number of halogens is 1. The van der Waals surface area contributed by atoms with E-state index in [2.05, 4.69) is 20.7 Å². The number of hydrogen-bond donors (Lipinski definition) is 1. The van der Waals surface area contributed by atoms with Crippen molar-refractivity contribution in [3.05, 3.63) is 40.9 Å². The van der Waals surface area contributed by atoms with Crippen LogP contribution in [0.4, 0.5) is 5.69 Å². The first-order chi connectivity index (χ1) is 8.42. The number of fused-ring (bicyclic) bond motifs is 1. The lowest BCUT2D eigenvalue weighted by atomic mass is 10.1. The molecule has 2 rings (SSSR count). The third-order valence-corrected chi connectivity index (χ3v) is 5.18. The highest BCUT2D eigenvalue weighted by Gasteiger charge is 2.17. The Bertz CT molecular complexity index is 680. The van der Waals surface area contributed by atoms with Crippen molar-refractivity contribution in [3.63, 3.8) is 0 Å². The largest absolute Gasteiger partial charge is 0.283 e.